The number of rotatable bonds is 4. The van der Waals surface area contributed by atoms with Gasteiger partial charge < -0.3 is 9.42 Å². The van der Waals surface area contributed by atoms with Gasteiger partial charge in [-0.1, -0.05) is 5.16 Å². The molecule has 0 N–H and O–H groups in total. The Morgan fingerprint density at radius 3 is 2.89 bits per heavy atom. The van der Waals surface area contributed by atoms with E-state index in [0.29, 0.717) is 18.0 Å². The second-order valence-electron chi connectivity index (χ2n) is 7.28. The zero-order valence-corrected chi connectivity index (χ0v) is 15.3. The lowest BCUT2D eigenvalue weighted by atomic mass is 9.91. The molecule has 0 radical (unpaired) electrons. The molecule has 0 amide bonds. The highest BCUT2D eigenvalue weighted by molar-refractivity contribution is 5.79. The molecule has 1 aliphatic rings. The van der Waals surface area contributed by atoms with Crippen LogP contribution in [0.4, 0.5) is 4.39 Å². The Balaban J connectivity index is 1.23. The average molecular weight is 381 g/mol. The highest BCUT2D eigenvalue weighted by Gasteiger charge is 2.25. The van der Waals surface area contributed by atoms with Crippen LogP contribution in [0.25, 0.3) is 16.5 Å². The molecule has 4 heterocycles. The fraction of sp³-hybridized carbons (Fsp3) is 0.350. The molecule has 144 valence electrons. The number of likely N-dealkylation sites (tertiary alicyclic amines) is 1. The molecule has 8 heteroatoms. The van der Waals surface area contributed by atoms with Crippen LogP contribution in [-0.2, 0) is 6.54 Å². The summed E-state index contributed by atoms with van der Waals surface area (Å²) in [6.07, 6.45) is 5.39. The first kappa shape index (κ1) is 17.1. The molecule has 7 nitrogen and oxygen atoms in total. The smallest absolute Gasteiger partial charge is 0.349 e. The van der Waals surface area contributed by atoms with Gasteiger partial charge in [0, 0.05) is 30.1 Å². The minimum absolute atomic E-state index is 0.112. The van der Waals surface area contributed by atoms with Crippen molar-refractivity contribution in [2.24, 2.45) is 0 Å². The van der Waals surface area contributed by atoms with Crippen molar-refractivity contribution in [3.63, 3.8) is 0 Å². The van der Waals surface area contributed by atoms with Gasteiger partial charge in [0.05, 0.1) is 24.0 Å². The van der Waals surface area contributed by atoms with E-state index in [9.17, 15) is 9.18 Å². The molecular formula is C20H20FN5O2. The van der Waals surface area contributed by atoms with E-state index in [1.165, 1.54) is 16.8 Å². The molecule has 1 saturated heterocycles. The summed E-state index contributed by atoms with van der Waals surface area (Å²) >= 11 is 0. The van der Waals surface area contributed by atoms with E-state index < -0.39 is 0 Å². The number of piperidine rings is 1. The monoisotopic (exact) mass is 381 g/mol. The van der Waals surface area contributed by atoms with Gasteiger partial charge in [-0.25, -0.2) is 13.9 Å². The van der Waals surface area contributed by atoms with Gasteiger partial charge >= 0.3 is 5.69 Å². The summed E-state index contributed by atoms with van der Waals surface area (Å²) in [7, 11) is 0. The highest BCUT2D eigenvalue weighted by Crippen LogP contribution is 2.32. The summed E-state index contributed by atoms with van der Waals surface area (Å²) in [6.45, 7) is 3.17. The minimum Gasteiger partial charge on any atom is -0.356 e. The summed E-state index contributed by atoms with van der Waals surface area (Å²) in [4.78, 5) is 14.8. The van der Waals surface area contributed by atoms with Crippen molar-refractivity contribution in [3.05, 3.63) is 64.7 Å². The van der Waals surface area contributed by atoms with Crippen LogP contribution in [0.5, 0.6) is 0 Å². The number of nitrogens with zero attached hydrogens (tertiary/aromatic N) is 5. The maximum atomic E-state index is 13.3. The first-order valence-corrected chi connectivity index (χ1v) is 9.49. The first-order valence-electron chi connectivity index (χ1n) is 9.49. The Hall–Kier alpha value is -3.00. The third kappa shape index (κ3) is 2.99. The predicted molar refractivity (Wildman–Crippen MR) is 102 cm³/mol. The molecule has 0 saturated carbocycles. The third-order valence-corrected chi connectivity index (χ3v) is 5.60. The second-order valence-corrected chi connectivity index (χ2v) is 7.28. The van der Waals surface area contributed by atoms with Crippen molar-refractivity contribution in [1.29, 1.82) is 0 Å². The number of hydrogen-bond acceptors (Lipinski definition) is 5. The Morgan fingerprint density at radius 2 is 2.04 bits per heavy atom. The number of halogens is 1. The van der Waals surface area contributed by atoms with Crippen LogP contribution in [0, 0.1) is 5.82 Å². The fourth-order valence-corrected chi connectivity index (χ4v) is 4.02. The predicted octanol–water partition coefficient (Wildman–Crippen LogP) is 2.66. The SMILES string of the molecule is O=c1n(CCN2CCC(c3noc4cc(F)ccc34)CC2)ncc2cccn12. The van der Waals surface area contributed by atoms with Crippen molar-refractivity contribution in [1.82, 2.24) is 24.2 Å². The van der Waals surface area contributed by atoms with E-state index in [-0.39, 0.29) is 11.5 Å². The summed E-state index contributed by atoms with van der Waals surface area (Å²) in [6, 6.07) is 8.29. The maximum Gasteiger partial charge on any atom is 0.349 e. The summed E-state index contributed by atoms with van der Waals surface area (Å²) in [5.74, 6) is -0.00740. The number of aromatic nitrogens is 4. The van der Waals surface area contributed by atoms with Crippen LogP contribution in [-0.4, -0.2) is 43.9 Å². The topological polar surface area (TPSA) is 68.6 Å². The van der Waals surface area contributed by atoms with E-state index in [4.69, 9.17) is 4.52 Å². The Kier molecular flexibility index (Phi) is 4.20. The van der Waals surface area contributed by atoms with E-state index >= 15 is 0 Å². The van der Waals surface area contributed by atoms with Gasteiger partial charge in [0.2, 0.25) is 0 Å². The molecule has 5 rings (SSSR count). The molecule has 1 fully saturated rings. The van der Waals surface area contributed by atoms with Gasteiger partial charge in [-0.15, -0.1) is 0 Å². The normalized spacial score (nSPS) is 16.3. The lowest BCUT2D eigenvalue weighted by molar-refractivity contribution is 0.198. The first-order chi connectivity index (χ1) is 13.7. The minimum atomic E-state index is -0.313. The van der Waals surface area contributed by atoms with E-state index in [1.807, 2.05) is 12.1 Å². The van der Waals surface area contributed by atoms with Crippen molar-refractivity contribution in [3.8, 4) is 0 Å². The van der Waals surface area contributed by atoms with Crippen molar-refractivity contribution >= 4 is 16.5 Å². The zero-order chi connectivity index (χ0) is 19.1. The van der Waals surface area contributed by atoms with Crippen molar-refractivity contribution < 1.29 is 8.91 Å². The van der Waals surface area contributed by atoms with E-state index in [0.717, 1.165) is 49.1 Å². The quantitative estimate of drug-likeness (QED) is 0.544. The Labute approximate surface area is 160 Å². The standard InChI is InChI=1S/C20H20FN5O2/c21-15-3-4-17-18(12-15)28-23-19(17)14-5-8-24(9-6-14)10-11-26-20(27)25-7-1-2-16(25)13-22-26/h1-4,7,12-14H,5-6,8-11H2. The van der Waals surface area contributed by atoms with Crippen LogP contribution in [0.1, 0.15) is 24.5 Å². The van der Waals surface area contributed by atoms with Crippen molar-refractivity contribution in [2.45, 2.75) is 25.3 Å². The van der Waals surface area contributed by atoms with Gasteiger partial charge in [0.25, 0.3) is 0 Å². The summed E-state index contributed by atoms with van der Waals surface area (Å²) in [5.41, 5.74) is 2.12. The molecule has 4 aromatic rings. The zero-order valence-electron chi connectivity index (χ0n) is 15.3. The van der Waals surface area contributed by atoms with Crippen LogP contribution >= 0.6 is 0 Å². The number of benzene rings is 1. The molecular weight excluding hydrogens is 361 g/mol. The van der Waals surface area contributed by atoms with Crippen molar-refractivity contribution in [2.75, 3.05) is 19.6 Å². The highest BCUT2D eigenvalue weighted by atomic mass is 19.1. The van der Waals surface area contributed by atoms with Crippen LogP contribution in [0.15, 0.2) is 52.0 Å². The van der Waals surface area contributed by atoms with Gasteiger partial charge in [-0.3, -0.25) is 4.40 Å². The van der Waals surface area contributed by atoms with Gasteiger partial charge in [-0.05, 0) is 50.2 Å². The summed E-state index contributed by atoms with van der Waals surface area (Å²) in [5, 5.41) is 9.36. The molecule has 0 bridgehead atoms. The maximum absolute atomic E-state index is 13.3. The van der Waals surface area contributed by atoms with Crippen LogP contribution < -0.4 is 5.69 Å². The second kappa shape index (κ2) is 6.87. The fourth-order valence-electron chi connectivity index (χ4n) is 4.02. The molecule has 1 aromatic carbocycles. The summed E-state index contributed by atoms with van der Waals surface area (Å²) < 4.78 is 21.8. The Morgan fingerprint density at radius 1 is 1.18 bits per heavy atom. The van der Waals surface area contributed by atoms with E-state index in [2.05, 4.69) is 15.2 Å². The van der Waals surface area contributed by atoms with E-state index in [1.54, 1.807) is 22.9 Å². The molecule has 0 atom stereocenters. The largest absolute Gasteiger partial charge is 0.356 e. The molecule has 28 heavy (non-hydrogen) atoms. The van der Waals surface area contributed by atoms with Gasteiger partial charge in [0.1, 0.15) is 5.82 Å². The number of hydrogen-bond donors (Lipinski definition) is 0. The number of fused-ring (bicyclic) bond motifs is 2. The van der Waals surface area contributed by atoms with Gasteiger partial charge in [-0.2, -0.15) is 5.10 Å². The average Bonchev–Trinajstić information content (AvgIpc) is 3.35. The molecule has 0 unspecified atom stereocenters. The molecule has 1 aliphatic heterocycles. The molecule has 3 aromatic heterocycles. The van der Waals surface area contributed by atoms with Gasteiger partial charge in [0.15, 0.2) is 5.58 Å². The third-order valence-electron chi connectivity index (χ3n) is 5.60. The molecule has 0 aliphatic carbocycles. The molecule has 0 spiro atoms. The lowest BCUT2D eigenvalue weighted by Gasteiger charge is -2.31. The van der Waals surface area contributed by atoms with Crippen LogP contribution in [0.2, 0.25) is 0 Å². The van der Waals surface area contributed by atoms with Crippen LogP contribution in [0.3, 0.4) is 0 Å². The Bertz CT molecular complexity index is 1190. The lowest BCUT2D eigenvalue weighted by Crippen LogP contribution is -2.38.